The zero-order chi connectivity index (χ0) is 19.5. The van der Waals surface area contributed by atoms with Crippen LogP contribution in [0.15, 0.2) is 42.6 Å². The first-order valence-corrected chi connectivity index (χ1v) is 10.2. The molecule has 1 aliphatic carbocycles. The molecule has 0 saturated carbocycles. The normalized spacial score (nSPS) is 21.7. The number of aromatic nitrogens is 1. The molecule has 5 heteroatoms. The van der Waals surface area contributed by atoms with Crippen LogP contribution in [-0.4, -0.2) is 34.8 Å². The lowest BCUT2D eigenvalue weighted by Crippen LogP contribution is -2.46. The van der Waals surface area contributed by atoms with Gasteiger partial charge in [0.1, 0.15) is 5.82 Å². The summed E-state index contributed by atoms with van der Waals surface area (Å²) in [4.78, 5) is 32.2. The number of piperidine rings is 1. The molecule has 28 heavy (non-hydrogen) atoms. The predicted octanol–water partition coefficient (Wildman–Crippen LogP) is 3.69. The fourth-order valence-corrected chi connectivity index (χ4v) is 4.46. The van der Waals surface area contributed by atoms with Crippen molar-refractivity contribution in [1.82, 2.24) is 9.88 Å². The Labute approximate surface area is 166 Å². The first-order chi connectivity index (χ1) is 13.6. The second-order valence-electron chi connectivity index (χ2n) is 7.93. The molecule has 0 spiro atoms. The number of carbonyl (C=O) groups excluding carboxylic acids is 2. The molecule has 0 bridgehead atoms. The number of anilines is 1. The van der Waals surface area contributed by atoms with Crippen LogP contribution >= 0.6 is 0 Å². The van der Waals surface area contributed by atoms with Crippen molar-refractivity contribution in [1.29, 1.82) is 0 Å². The number of fused-ring (bicyclic) bond motifs is 1. The molecule has 4 rings (SSSR count). The van der Waals surface area contributed by atoms with E-state index < -0.39 is 0 Å². The minimum absolute atomic E-state index is 0.0386. The summed E-state index contributed by atoms with van der Waals surface area (Å²) in [6, 6.07) is 12.1. The van der Waals surface area contributed by atoms with Crippen molar-refractivity contribution in [2.75, 3.05) is 18.4 Å². The maximum atomic E-state index is 13.3. The molecule has 2 heterocycles. The highest BCUT2D eigenvalue weighted by atomic mass is 16.2. The molecule has 1 aromatic carbocycles. The van der Waals surface area contributed by atoms with Crippen LogP contribution in [0.4, 0.5) is 5.82 Å². The van der Waals surface area contributed by atoms with Gasteiger partial charge in [-0.1, -0.05) is 30.3 Å². The zero-order valence-electron chi connectivity index (χ0n) is 16.4. The average molecular weight is 377 g/mol. The molecular formula is C23H27N3O2. The van der Waals surface area contributed by atoms with Crippen LogP contribution in [-0.2, 0) is 16.0 Å². The zero-order valence-corrected chi connectivity index (χ0v) is 16.4. The standard InChI is InChI=1S/C23H27N3O2/c1-16-7-5-13-24-21(16)25-22(27)18-10-6-14-26(15-18)23(28)20-12-4-9-17-8-2-3-11-19(17)20/h2-3,5,7-8,11,13,18,20H,4,6,9-10,12,14-15H2,1H3,(H,24,25,27)/t18-,20+/m1/s1. The highest BCUT2D eigenvalue weighted by molar-refractivity contribution is 5.93. The first kappa shape index (κ1) is 18.7. The van der Waals surface area contributed by atoms with Gasteiger partial charge in [0.25, 0.3) is 0 Å². The number of likely N-dealkylation sites (tertiary alicyclic amines) is 1. The third kappa shape index (κ3) is 3.79. The number of amides is 2. The van der Waals surface area contributed by atoms with Crippen LogP contribution in [0, 0.1) is 12.8 Å². The lowest BCUT2D eigenvalue weighted by Gasteiger charge is -2.36. The monoisotopic (exact) mass is 377 g/mol. The van der Waals surface area contributed by atoms with E-state index in [2.05, 4.69) is 22.4 Å². The summed E-state index contributed by atoms with van der Waals surface area (Å²) in [5.41, 5.74) is 3.41. The van der Waals surface area contributed by atoms with E-state index in [0.29, 0.717) is 12.4 Å². The number of benzene rings is 1. The van der Waals surface area contributed by atoms with Crippen molar-refractivity contribution in [3.8, 4) is 0 Å². The number of hydrogen-bond acceptors (Lipinski definition) is 3. The second kappa shape index (κ2) is 8.13. The Morgan fingerprint density at radius 3 is 2.82 bits per heavy atom. The highest BCUT2D eigenvalue weighted by Crippen LogP contribution is 2.34. The molecule has 1 N–H and O–H groups in total. The van der Waals surface area contributed by atoms with Crippen molar-refractivity contribution in [2.24, 2.45) is 5.92 Å². The van der Waals surface area contributed by atoms with E-state index in [1.807, 2.05) is 36.1 Å². The van der Waals surface area contributed by atoms with Crippen LogP contribution in [0.3, 0.4) is 0 Å². The smallest absolute Gasteiger partial charge is 0.230 e. The molecule has 146 valence electrons. The van der Waals surface area contributed by atoms with Gasteiger partial charge in [-0.25, -0.2) is 4.98 Å². The number of nitrogens with zero attached hydrogens (tertiary/aromatic N) is 2. The first-order valence-electron chi connectivity index (χ1n) is 10.2. The number of pyridine rings is 1. The second-order valence-corrected chi connectivity index (χ2v) is 7.93. The van der Waals surface area contributed by atoms with E-state index in [-0.39, 0.29) is 23.7 Å². The number of rotatable bonds is 3. The van der Waals surface area contributed by atoms with Gasteiger partial charge in [0.2, 0.25) is 11.8 Å². The molecule has 2 atom stereocenters. The molecule has 2 aliphatic rings. The SMILES string of the molecule is Cc1cccnc1NC(=O)[C@@H]1CCCN(C(=O)[C@H]2CCCc3ccccc32)C1. The lowest BCUT2D eigenvalue weighted by molar-refractivity contribution is -0.136. The van der Waals surface area contributed by atoms with Gasteiger partial charge >= 0.3 is 0 Å². The van der Waals surface area contributed by atoms with E-state index >= 15 is 0 Å². The Morgan fingerprint density at radius 1 is 1.11 bits per heavy atom. The molecule has 2 amide bonds. The largest absolute Gasteiger partial charge is 0.341 e. The van der Waals surface area contributed by atoms with E-state index in [4.69, 9.17) is 0 Å². The van der Waals surface area contributed by atoms with Crippen molar-refractivity contribution < 1.29 is 9.59 Å². The van der Waals surface area contributed by atoms with Crippen molar-refractivity contribution in [3.05, 3.63) is 59.3 Å². The molecule has 1 aromatic heterocycles. The van der Waals surface area contributed by atoms with Gasteiger partial charge in [0.05, 0.1) is 11.8 Å². The third-order valence-corrected chi connectivity index (χ3v) is 6.02. The van der Waals surface area contributed by atoms with E-state index in [1.54, 1.807) is 6.20 Å². The van der Waals surface area contributed by atoms with Crippen LogP contribution in [0.2, 0.25) is 0 Å². The summed E-state index contributed by atoms with van der Waals surface area (Å²) in [5.74, 6) is 0.502. The summed E-state index contributed by atoms with van der Waals surface area (Å²) in [6.45, 7) is 3.17. The topological polar surface area (TPSA) is 62.3 Å². The Kier molecular flexibility index (Phi) is 5.42. The summed E-state index contributed by atoms with van der Waals surface area (Å²) in [7, 11) is 0. The maximum absolute atomic E-state index is 13.3. The minimum atomic E-state index is -0.182. The number of carbonyl (C=O) groups is 2. The Morgan fingerprint density at radius 2 is 1.96 bits per heavy atom. The van der Waals surface area contributed by atoms with Gasteiger partial charge in [-0.3, -0.25) is 9.59 Å². The molecular weight excluding hydrogens is 350 g/mol. The quantitative estimate of drug-likeness (QED) is 0.887. The van der Waals surface area contributed by atoms with Crippen LogP contribution < -0.4 is 5.32 Å². The molecule has 0 unspecified atom stereocenters. The summed E-state index contributed by atoms with van der Waals surface area (Å²) >= 11 is 0. The number of nitrogens with one attached hydrogen (secondary N) is 1. The Bertz CT molecular complexity index is 880. The highest BCUT2D eigenvalue weighted by Gasteiger charge is 2.34. The van der Waals surface area contributed by atoms with Gasteiger partial charge in [-0.2, -0.15) is 0 Å². The third-order valence-electron chi connectivity index (χ3n) is 6.02. The maximum Gasteiger partial charge on any atom is 0.230 e. The predicted molar refractivity (Wildman–Crippen MR) is 109 cm³/mol. The molecule has 1 aliphatic heterocycles. The van der Waals surface area contributed by atoms with Crippen LogP contribution in [0.1, 0.15) is 48.3 Å². The van der Waals surface area contributed by atoms with Gasteiger partial charge in [-0.15, -0.1) is 0 Å². The fourth-order valence-electron chi connectivity index (χ4n) is 4.46. The lowest BCUT2D eigenvalue weighted by atomic mass is 9.81. The van der Waals surface area contributed by atoms with Crippen molar-refractivity contribution >= 4 is 17.6 Å². The van der Waals surface area contributed by atoms with Crippen LogP contribution in [0.5, 0.6) is 0 Å². The molecule has 1 saturated heterocycles. The molecule has 0 radical (unpaired) electrons. The summed E-state index contributed by atoms with van der Waals surface area (Å²) in [5, 5.41) is 2.95. The molecule has 2 aromatic rings. The van der Waals surface area contributed by atoms with Gasteiger partial charge in [0.15, 0.2) is 0 Å². The van der Waals surface area contributed by atoms with Gasteiger partial charge in [0, 0.05) is 19.3 Å². The van der Waals surface area contributed by atoms with Crippen LogP contribution in [0.25, 0.3) is 0 Å². The van der Waals surface area contributed by atoms with Crippen molar-refractivity contribution in [2.45, 2.75) is 44.9 Å². The summed E-state index contributed by atoms with van der Waals surface area (Å²) in [6.07, 6.45) is 6.34. The Balaban J connectivity index is 1.45. The van der Waals surface area contributed by atoms with E-state index in [0.717, 1.165) is 44.2 Å². The van der Waals surface area contributed by atoms with Gasteiger partial charge in [-0.05, 0) is 61.8 Å². The summed E-state index contributed by atoms with van der Waals surface area (Å²) < 4.78 is 0. The molecule has 5 nitrogen and oxygen atoms in total. The van der Waals surface area contributed by atoms with Gasteiger partial charge < -0.3 is 10.2 Å². The number of aryl methyl sites for hydroxylation is 2. The Hall–Kier alpha value is -2.69. The van der Waals surface area contributed by atoms with Crippen molar-refractivity contribution in [3.63, 3.8) is 0 Å². The van der Waals surface area contributed by atoms with E-state index in [9.17, 15) is 9.59 Å². The minimum Gasteiger partial charge on any atom is -0.341 e. The average Bonchev–Trinajstić information content (AvgIpc) is 2.74. The van der Waals surface area contributed by atoms with E-state index in [1.165, 1.54) is 11.1 Å². The molecule has 1 fully saturated rings. The number of hydrogen-bond donors (Lipinski definition) is 1. The fraction of sp³-hybridized carbons (Fsp3) is 0.435.